The van der Waals surface area contributed by atoms with Crippen molar-refractivity contribution in [2.75, 3.05) is 11.4 Å². The first-order valence-corrected chi connectivity index (χ1v) is 7.45. The van der Waals surface area contributed by atoms with Crippen LogP contribution >= 0.6 is 24.4 Å². The SMILES string of the molecule is CCN1C(=S)N(c2ccccc2)C2NC(=S)N(NC=O)C21. The minimum Gasteiger partial charge on any atom is -0.337 e. The number of hydrogen-bond acceptors (Lipinski definition) is 3. The van der Waals surface area contributed by atoms with Crippen LogP contribution in [-0.2, 0) is 4.79 Å². The maximum absolute atomic E-state index is 10.8. The topological polar surface area (TPSA) is 50.9 Å². The lowest BCUT2D eigenvalue weighted by Gasteiger charge is -2.29. The van der Waals surface area contributed by atoms with E-state index in [2.05, 4.69) is 10.7 Å². The Bertz CT molecular complexity index is 581. The monoisotopic (exact) mass is 321 g/mol. The maximum atomic E-state index is 10.8. The summed E-state index contributed by atoms with van der Waals surface area (Å²) in [6.07, 6.45) is 0.346. The maximum Gasteiger partial charge on any atom is 0.225 e. The highest BCUT2D eigenvalue weighted by atomic mass is 32.1. The first-order chi connectivity index (χ1) is 10.2. The van der Waals surface area contributed by atoms with E-state index in [0.29, 0.717) is 16.6 Å². The zero-order valence-corrected chi connectivity index (χ0v) is 13.0. The molecule has 0 aliphatic carbocycles. The van der Waals surface area contributed by atoms with Crippen molar-refractivity contribution in [2.24, 2.45) is 0 Å². The smallest absolute Gasteiger partial charge is 0.225 e. The number of thiocarbonyl (C=S) groups is 2. The van der Waals surface area contributed by atoms with Gasteiger partial charge in [-0.2, -0.15) is 0 Å². The summed E-state index contributed by atoms with van der Waals surface area (Å²) < 4.78 is 0. The number of likely N-dealkylation sites (N-methyl/N-ethyl adjacent to an activating group) is 1. The van der Waals surface area contributed by atoms with Crippen molar-refractivity contribution >= 4 is 46.8 Å². The Morgan fingerprint density at radius 3 is 2.67 bits per heavy atom. The van der Waals surface area contributed by atoms with E-state index >= 15 is 0 Å². The van der Waals surface area contributed by atoms with E-state index in [1.54, 1.807) is 5.01 Å². The molecule has 2 fully saturated rings. The van der Waals surface area contributed by atoms with Gasteiger partial charge in [0.05, 0.1) is 0 Å². The number of nitrogens with one attached hydrogen (secondary N) is 2. The van der Waals surface area contributed by atoms with Gasteiger partial charge in [-0.15, -0.1) is 0 Å². The number of benzene rings is 1. The molecule has 21 heavy (non-hydrogen) atoms. The van der Waals surface area contributed by atoms with Crippen molar-refractivity contribution in [2.45, 2.75) is 19.3 Å². The van der Waals surface area contributed by atoms with Crippen molar-refractivity contribution in [3.05, 3.63) is 30.3 Å². The van der Waals surface area contributed by atoms with E-state index in [-0.39, 0.29) is 12.3 Å². The van der Waals surface area contributed by atoms with Gasteiger partial charge in [-0.3, -0.25) is 15.1 Å². The summed E-state index contributed by atoms with van der Waals surface area (Å²) in [4.78, 5) is 14.9. The van der Waals surface area contributed by atoms with Gasteiger partial charge in [0, 0.05) is 12.2 Å². The standard InChI is InChI=1S/C13H15N5OS2/c1-2-16-11-10(15-12(20)18(11)14-8-19)17(13(16)21)9-6-4-3-5-7-9/h3-8,10-11H,2H2,1H3,(H,14,19)(H,15,20). The van der Waals surface area contributed by atoms with Crippen LogP contribution in [0.4, 0.5) is 5.69 Å². The lowest BCUT2D eigenvalue weighted by atomic mass is 10.3. The quantitative estimate of drug-likeness (QED) is 0.623. The Labute approximate surface area is 133 Å². The number of hydrazine groups is 1. The molecule has 2 unspecified atom stereocenters. The van der Waals surface area contributed by atoms with E-state index in [4.69, 9.17) is 24.4 Å². The molecule has 0 bridgehead atoms. The minimum atomic E-state index is -0.152. The van der Waals surface area contributed by atoms with Crippen molar-refractivity contribution in [3.8, 4) is 0 Å². The summed E-state index contributed by atoms with van der Waals surface area (Å²) >= 11 is 10.9. The molecular formula is C13H15N5OS2. The molecule has 1 amide bonds. The zero-order chi connectivity index (χ0) is 15.0. The van der Waals surface area contributed by atoms with Gasteiger partial charge < -0.3 is 10.2 Å². The van der Waals surface area contributed by atoms with Crippen molar-refractivity contribution in [1.29, 1.82) is 0 Å². The van der Waals surface area contributed by atoms with E-state index in [1.807, 2.05) is 47.1 Å². The van der Waals surface area contributed by atoms with Gasteiger partial charge >= 0.3 is 0 Å². The molecule has 2 heterocycles. The molecule has 1 aromatic rings. The average Bonchev–Trinajstić information content (AvgIpc) is 2.93. The zero-order valence-electron chi connectivity index (χ0n) is 11.4. The van der Waals surface area contributed by atoms with Gasteiger partial charge in [0.15, 0.2) is 16.4 Å². The highest BCUT2D eigenvalue weighted by molar-refractivity contribution is 7.80. The lowest BCUT2D eigenvalue weighted by Crippen LogP contribution is -2.52. The van der Waals surface area contributed by atoms with E-state index in [9.17, 15) is 4.79 Å². The third-order valence-corrected chi connectivity index (χ3v) is 4.40. The fourth-order valence-electron chi connectivity index (χ4n) is 2.78. The van der Waals surface area contributed by atoms with Crippen LogP contribution in [0, 0.1) is 0 Å². The van der Waals surface area contributed by atoms with Crippen LogP contribution in [0.2, 0.25) is 0 Å². The molecule has 2 N–H and O–H groups in total. The van der Waals surface area contributed by atoms with Crippen LogP contribution in [0.25, 0.3) is 0 Å². The molecule has 8 heteroatoms. The Kier molecular flexibility index (Phi) is 3.64. The largest absolute Gasteiger partial charge is 0.337 e. The number of fused-ring (bicyclic) bond motifs is 1. The average molecular weight is 321 g/mol. The number of para-hydroxylation sites is 1. The summed E-state index contributed by atoms with van der Waals surface area (Å²) in [5.74, 6) is 0. The summed E-state index contributed by atoms with van der Waals surface area (Å²) in [7, 11) is 0. The second kappa shape index (κ2) is 5.45. The minimum absolute atomic E-state index is 0.125. The highest BCUT2D eigenvalue weighted by Crippen LogP contribution is 2.32. The predicted octanol–water partition coefficient (Wildman–Crippen LogP) is 0.617. The predicted molar refractivity (Wildman–Crippen MR) is 88.2 cm³/mol. The van der Waals surface area contributed by atoms with Crippen molar-refractivity contribution in [1.82, 2.24) is 20.7 Å². The summed E-state index contributed by atoms with van der Waals surface area (Å²) in [6, 6.07) is 9.91. The van der Waals surface area contributed by atoms with Gasteiger partial charge in [-0.25, -0.2) is 5.01 Å². The first kappa shape index (κ1) is 14.0. The fourth-order valence-corrected chi connectivity index (χ4v) is 3.52. The van der Waals surface area contributed by atoms with E-state index < -0.39 is 0 Å². The molecular weight excluding hydrogens is 306 g/mol. The summed E-state index contributed by atoms with van der Waals surface area (Å²) in [5.41, 5.74) is 3.64. The molecule has 1 aromatic carbocycles. The Hall–Kier alpha value is -1.93. The molecule has 0 radical (unpaired) electrons. The second-order valence-electron chi connectivity index (χ2n) is 4.70. The van der Waals surface area contributed by atoms with Crippen LogP contribution in [-0.4, -0.2) is 45.4 Å². The third kappa shape index (κ3) is 2.11. The number of anilines is 1. The van der Waals surface area contributed by atoms with Gasteiger partial charge in [0.2, 0.25) is 6.41 Å². The molecule has 2 atom stereocenters. The van der Waals surface area contributed by atoms with Crippen molar-refractivity contribution in [3.63, 3.8) is 0 Å². The molecule has 3 rings (SSSR count). The summed E-state index contributed by atoms with van der Waals surface area (Å²) in [5, 5.41) is 6.07. The molecule has 0 aromatic heterocycles. The number of hydrogen-bond donors (Lipinski definition) is 2. The van der Waals surface area contributed by atoms with Crippen LogP contribution in [0.5, 0.6) is 0 Å². The molecule has 2 aliphatic heterocycles. The molecule has 2 aliphatic rings. The fraction of sp³-hybridized carbons (Fsp3) is 0.308. The van der Waals surface area contributed by atoms with Gasteiger partial charge in [-0.05, 0) is 43.5 Å². The van der Waals surface area contributed by atoms with E-state index in [1.165, 1.54) is 0 Å². The second-order valence-corrected chi connectivity index (χ2v) is 5.45. The molecule has 0 saturated carbocycles. The molecule has 110 valence electrons. The Morgan fingerprint density at radius 1 is 1.33 bits per heavy atom. The van der Waals surface area contributed by atoms with Gasteiger partial charge in [0.25, 0.3) is 0 Å². The van der Waals surface area contributed by atoms with Crippen molar-refractivity contribution < 1.29 is 4.79 Å². The number of nitrogens with zero attached hydrogens (tertiary/aromatic N) is 3. The first-order valence-electron chi connectivity index (χ1n) is 6.63. The van der Waals surface area contributed by atoms with Gasteiger partial charge in [0.1, 0.15) is 6.17 Å². The van der Waals surface area contributed by atoms with E-state index in [0.717, 1.165) is 12.2 Å². The van der Waals surface area contributed by atoms with Gasteiger partial charge in [-0.1, -0.05) is 18.2 Å². The Morgan fingerprint density at radius 2 is 2.05 bits per heavy atom. The number of amides is 1. The number of carbonyl (C=O) groups is 1. The molecule has 0 spiro atoms. The lowest BCUT2D eigenvalue weighted by molar-refractivity contribution is -0.113. The third-order valence-electron chi connectivity index (χ3n) is 3.65. The van der Waals surface area contributed by atoms with Crippen LogP contribution in [0.3, 0.4) is 0 Å². The van der Waals surface area contributed by atoms with Crippen LogP contribution < -0.4 is 15.6 Å². The normalized spacial score (nSPS) is 24.1. The Balaban J connectivity index is 2.00. The number of carbonyl (C=O) groups excluding carboxylic acids is 1. The van der Waals surface area contributed by atoms with Crippen LogP contribution in [0.15, 0.2) is 30.3 Å². The van der Waals surface area contributed by atoms with Crippen LogP contribution in [0.1, 0.15) is 6.92 Å². The molecule has 6 nitrogen and oxygen atoms in total. The summed E-state index contributed by atoms with van der Waals surface area (Å²) in [6.45, 7) is 2.75. The molecule has 2 saturated heterocycles. The number of rotatable bonds is 4. The highest BCUT2D eigenvalue weighted by Gasteiger charge is 2.52.